The van der Waals surface area contributed by atoms with Crippen LogP contribution in [0.4, 0.5) is 0 Å². The smallest absolute Gasteiger partial charge is 0.310 e. The van der Waals surface area contributed by atoms with E-state index in [1.54, 1.807) is 23.6 Å². The van der Waals surface area contributed by atoms with E-state index in [4.69, 9.17) is 4.74 Å². The van der Waals surface area contributed by atoms with Gasteiger partial charge in [-0.3, -0.25) is 14.4 Å². The lowest BCUT2D eigenvalue weighted by Gasteiger charge is -2.42. The molecule has 31 heavy (non-hydrogen) atoms. The van der Waals surface area contributed by atoms with Crippen LogP contribution in [0, 0.1) is 23.7 Å². The van der Waals surface area contributed by atoms with Crippen molar-refractivity contribution < 1.29 is 24.2 Å². The lowest BCUT2D eigenvalue weighted by Crippen LogP contribution is -2.61. The summed E-state index contributed by atoms with van der Waals surface area (Å²) in [5.41, 5.74) is -0.462. The first kappa shape index (κ1) is 24.4. The molecular weight excluding hydrogens is 416 g/mol. The van der Waals surface area contributed by atoms with E-state index in [2.05, 4.69) is 12.2 Å². The lowest BCUT2D eigenvalue weighted by atomic mass is 9.66. The molecule has 3 aliphatic rings. The number of nitrogens with zero attached hydrogens (tertiary/aromatic N) is 1. The Morgan fingerprint density at radius 2 is 2.00 bits per heavy atom. The highest BCUT2D eigenvalue weighted by Crippen LogP contribution is 2.69. The van der Waals surface area contributed by atoms with E-state index >= 15 is 0 Å². The summed E-state index contributed by atoms with van der Waals surface area (Å²) >= 11 is 1.63. The minimum atomic E-state index is -0.722. The Hall–Kier alpha value is -1.28. The number of likely N-dealkylation sites (tertiary alicyclic amines) is 1. The second kappa shape index (κ2) is 8.58. The van der Waals surface area contributed by atoms with Gasteiger partial charge in [-0.25, -0.2) is 0 Å². The quantitative estimate of drug-likeness (QED) is 0.573. The van der Waals surface area contributed by atoms with Crippen molar-refractivity contribution in [1.82, 2.24) is 10.2 Å². The van der Waals surface area contributed by atoms with E-state index < -0.39 is 34.2 Å². The molecule has 0 aromatic rings. The summed E-state index contributed by atoms with van der Waals surface area (Å²) in [6, 6.07) is -1.19. The van der Waals surface area contributed by atoms with Gasteiger partial charge in [0.2, 0.25) is 11.8 Å². The van der Waals surface area contributed by atoms with E-state index in [1.807, 2.05) is 34.6 Å². The standard InChI is InChI=1S/C23H38N2O5S/c1-8-12(3)14(11-26)25-18(19(27)24-22(5,6)7)23-13(4)10-15(31-23)16(17(23)20(25)28)21(29)30-9-2/h12-18,26H,8-11H2,1-7H3,(H,24,27)/t12-,13?,14-,15+,16-,17-,18?,23?/m0/s1. The summed E-state index contributed by atoms with van der Waals surface area (Å²) in [5, 5.41) is 13.3. The molecule has 3 rings (SSSR count). The highest BCUT2D eigenvalue weighted by Gasteiger charge is 2.77. The number of thioether (sulfide) groups is 1. The van der Waals surface area contributed by atoms with Crippen LogP contribution < -0.4 is 5.32 Å². The Balaban J connectivity index is 2.13. The summed E-state index contributed by atoms with van der Waals surface area (Å²) < 4.78 is 4.68. The molecule has 3 unspecified atom stereocenters. The highest BCUT2D eigenvalue weighted by atomic mass is 32.2. The second-order valence-electron chi connectivity index (χ2n) is 10.4. The van der Waals surface area contributed by atoms with Crippen molar-refractivity contribution >= 4 is 29.5 Å². The SMILES string of the molecule is CCOC(=O)[C@@H]1[C@H]2C(=O)N([C@@H](CO)[C@@H](C)CC)C(C(=O)NC(C)(C)C)C23S[C@@H]1CC3C. The van der Waals surface area contributed by atoms with E-state index in [0.29, 0.717) is 0 Å². The number of carbonyl (C=O) groups excluding carboxylic acids is 3. The molecule has 0 radical (unpaired) electrons. The van der Waals surface area contributed by atoms with Crippen molar-refractivity contribution in [2.45, 2.75) is 88.9 Å². The summed E-state index contributed by atoms with van der Waals surface area (Å²) in [5.74, 6) is -1.75. The van der Waals surface area contributed by atoms with Crippen LogP contribution >= 0.6 is 11.8 Å². The molecule has 2 N–H and O–H groups in total. The molecule has 3 fully saturated rings. The fourth-order valence-corrected chi connectivity index (χ4v) is 8.27. The maximum Gasteiger partial charge on any atom is 0.310 e. The van der Waals surface area contributed by atoms with Crippen LogP contribution in [0.15, 0.2) is 0 Å². The Bertz CT molecular complexity index is 738. The molecule has 3 heterocycles. The minimum Gasteiger partial charge on any atom is -0.466 e. The molecule has 0 saturated carbocycles. The average Bonchev–Trinajstić information content (AvgIpc) is 3.25. The molecule has 2 bridgehead atoms. The summed E-state index contributed by atoms with van der Waals surface area (Å²) in [6.45, 7) is 13.7. The van der Waals surface area contributed by atoms with E-state index in [9.17, 15) is 19.5 Å². The van der Waals surface area contributed by atoms with Crippen LogP contribution in [0.2, 0.25) is 0 Å². The number of rotatable bonds is 7. The molecule has 8 atom stereocenters. The predicted molar refractivity (Wildman–Crippen MR) is 120 cm³/mol. The molecule has 0 aromatic heterocycles. The zero-order chi connectivity index (χ0) is 23.3. The van der Waals surface area contributed by atoms with Gasteiger partial charge in [0.05, 0.1) is 35.8 Å². The van der Waals surface area contributed by atoms with Crippen molar-refractivity contribution in [1.29, 1.82) is 0 Å². The Kier molecular flexibility index (Phi) is 6.74. The fourth-order valence-electron chi connectivity index (χ4n) is 5.87. The number of hydrogen-bond donors (Lipinski definition) is 2. The molecule has 176 valence electrons. The van der Waals surface area contributed by atoms with Crippen LogP contribution in [0.5, 0.6) is 0 Å². The van der Waals surface area contributed by atoms with Gasteiger partial charge in [0.25, 0.3) is 0 Å². The van der Waals surface area contributed by atoms with Gasteiger partial charge in [0.1, 0.15) is 6.04 Å². The number of hydrogen-bond acceptors (Lipinski definition) is 6. The molecule has 3 saturated heterocycles. The van der Waals surface area contributed by atoms with Crippen molar-refractivity contribution in [3.8, 4) is 0 Å². The highest BCUT2D eigenvalue weighted by molar-refractivity contribution is 8.02. The largest absolute Gasteiger partial charge is 0.466 e. The molecular formula is C23H38N2O5S. The number of nitrogens with one attached hydrogen (secondary N) is 1. The Labute approximate surface area is 190 Å². The van der Waals surface area contributed by atoms with Crippen molar-refractivity contribution in [2.75, 3.05) is 13.2 Å². The second-order valence-corrected chi connectivity index (χ2v) is 12.0. The monoisotopic (exact) mass is 454 g/mol. The summed E-state index contributed by atoms with van der Waals surface area (Å²) in [6.07, 6.45) is 1.55. The van der Waals surface area contributed by atoms with Crippen LogP contribution in [-0.4, -0.2) is 68.6 Å². The molecule has 2 amide bonds. The van der Waals surface area contributed by atoms with Gasteiger partial charge in [0.15, 0.2) is 0 Å². The summed E-state index contributed by atoms with van der Waals surface area (Å²) in [7, 11) is 0. The lowest BCUT2D eigenvalue weighted by molar-refractivity contribution is -0.154. The molecule has 8 heteroatoms. The molecule has 0 aliphatic carbocycles. The van der Waals surface area contributed by atoms with Gasteiger partial charge >= 0.3 is 5.97 Å². The molecule has 1 spiro atoms. The van der Waals surface area contributed by atoms with Crippen molar-refractivity contribution in [3.05, 3.63) is 0 Å². The first-order chi connectivity index (χ1) is 14.4. The van der Waals surface area contributed by atoms with Gasteiger partial charge in [-0.2, -0.15) is 0 Å². The molecule has 3 aliphatic heterocycles. The maximum absolute atomic E-state index is 14.0. The van der Waals surface area contributed by atoms with Gasteiger partial charge in [0, 0.05) is 10.8 Å². The van der Waals surface area contributed by atoms with Gasteiger partial charge in [-0.1, -0.05) is 27.2 Å². The Morgan fingerprint density at radius 1 is 1.35 bits per heavy atom. The van der Waals surface area contributed by atoms with Crippen LogP contribution in [0.1, 0.15) is 61.3 Å². The zero-order valence-corrected chi connectivity index (χ0v) is 20.6. The zero-order valence-electron chi connectivity index (χ0n) is 19.8. The third-order valence-electron chi connectivity index (χ3n) is 7.33. The van der Waals surface area contributed by atoms with E-state index in [-0.39, 0.29) is 48.1 Å². The first-order valence-electron chi connectivity index (χ1n) is 11.5. The molecule has 0 aromatic carbocycles. The minimum absolute atomic E-state index is 0.0210. The fraction of sp³-hybridized carbons (Fsp3) is 0.870. The summed E-state index contributed by atoms with van der Waals surface area (Å²) in [4.78, 5) is 42.2. The first-order valence-corrected chi connectivity index (χ1v) is 12.4. The molecule has 7 nitrogen and oxygen atoms in total. The van der Waals surface area contributed by atoms with E-state index in [1.165, 1.54) is 0 Å². The van der Waals surface area contributed by atoms with Crippen LogP contribution in [0.3, 0.4) is 0 Å². The van der Waals surface area contributed by atoms with Crippen molar-refractivity contribution in [2.24, 2.45) is 23.7 Å². The number of ether oxygens (including phenoxy) is 1. The maximum atomic E-state index is 14.0. The normalized spacial score (nSPS) is 36.3. The van der Waals surface area contributed by atoms with Gasteiger partial charge in [-0.05, 0) is 46.0 Å². The average molecular weight is 455 g/mol. The third-order valence-corrected chi connectivity index (χ3v) is 9.41. The number of carbonyl (C=O) groups is 3. The predicted octanol–water partition coefficient (Wildman–Crippen LogP) is 2.21. The number of fused-ring (bicyclic) bond motifs is 1. The van der Waals surface area contributed by atoms with Crippen LogP contribution in [-0.2, 0) is 19.1 Å². The topological polar surface area (TPSA) is 95.9 Å². The van der Waals surface area contributed by atoms with E-state index in [0.717, 1.165) is 12.8 Å². The van der Waals surface area contributed by atoms with Crippen molar-refractivity contribution in [3.63, 3.8) is 0 Å². The third kappa shape index (κ3) is 3.77. The Morgan fingerprint density at radius 3 is 2.52 bits per heavy atom. The number of aliphatic hydroxyl groups is 1. The number of amides is 2. The van der Waals surface area contributed by atoms with Crippen LogP contribution in [0.25, 0.3) is 0 Å². The number of esters is 1. The van der Waals surface area contributed by atoms with Gasteiger partial charge in [-0.15, -0.1) is 11.8 Å². The van der Waals surface area contributed by atoms with Gasteiger partial charge < -0.3 is 20.1 Å². The number of aliphatic hydroxyl groups excluding tert-OH is 1.